The number of rotatable bonds is 4. The Labute approximate surface area is 128 Å². The number of halogens is 1. The molecule has 0 bridgehead atoms. The number of fused-ring (bicyclic) bond motifs is 1. The molecule has 0 aliphatic rings. The fourth-order valence-electron chi connectivity index (χ4n) is 2.43. The van der Waals surface area contributed by atoms with Gasteiger partial charge < -0.3 is 9.84 Å². The van der Waals surface area contributed by atoms with Crippen LogP contribution in [0.5, 0.6) is 11.5 Å². The molecular formula is C18H16FNO2. The molecule has 3 nitrogen and oxygen atoms in total. The summed E-state index contributed by atoms with van der Waals surface area (Å²) in [5.74, 6) is 0.263. The lowest BCUT2D eigenvalue weighted by Crippen LogP contribution is -1.96. The molecular weight excluding hydrogens is 281 g/mol. The summed E-state index contributed by atoms with van der Waals surface area (Å²) in [5, 5.41) is 10.8. The van der Waals surface area contributed by atoms with Gasteiger partial charge in [0.2, 0.25) is 0 Å². The van der Waals surface area contributed by atoms with Gasteiger partial charge in [0.25, 0.3) is 0 Å². The van der Waals surface area contributed by atoms with Crippen molar-refractivity contribution >= 4 is 10.9 Å². The van der Waals surface area contributed by atoms with E-state index < -0.39 is 0 Å². The zero-order valence-electron chi connectivity index (χ0n) is 12.2. The number of phenols is 1. The smallest absolute Gasteiger partial charge is 0.187 e. The Morgan fingerprint density at radius 2 is 1.86 bits per heavy atom. The monoisotopic (exact) mass is 297 g/mol. The van der Waals surface area contributed by atoms with Crippen molar-refractivity contribution in [2.24, 2.45) is 0 Å². The van der Waals surface area contributed by atoms with Crippen LogP contribution in [0.1, 0.15) is 18.1 Å². The van der Waals surface area contributed by atoms with Crippen LogP contribution in [0.15, 0.2) is 48.7 Å². The van der Waals surface area contributed by atoms with Crippen molar-refractivity contribution in [1.82, 2.24) is 4.98 Å². The van der Waals surface area contributed by atoms with Gasteiger partial charge in [-0.25, -0.2) is 4.39 Å². The number of hydrogen-bond acceptors (Lipinski definition) is 3. The minimum absolute atomic E-state index is 0.0909. The highest BCUT2D eigenvalue weighted by Gasteiger charge is 2.10. The quantitative estimate of drug-likeness (QED) is 0.789. The Hall–Kier alpha value is -2.62. The predicted molar refractivity (Wildman–Crippen MR) is 83.8 cm³/mol. The Morgan fingerprint density at radius 1 is 1.09 bits per heavy atom. The highest BCUT2D eigenvalue weighted by Crippen LogP contribution is 2.33. The second-order valence-corrected chi connectivity index (χ2v) is 5.07. The van der Waals surface area contributed by atoms with Crippen LogP contribution in [0.2, 0.25) is 0 Å². The van der Waals surface area contributed by atoms with Gasteiger partial charge in [0.1, 0.15) is 11.3 Å². The molecule has 4 heteroatoms. The van der Waals surface area contributed by atoms with Gasteiger partial charge in [-0.1, -0.05) is 12.1 Å². The van der Waals surface area contributed by atoms with Crippen LogP contribution in [0.3, 0.4) is 0 Å². The Morgan fingerprint density at radius 3 is 2.59 bits per heavy atom. The van der Waals surface area contributed by atoms with E-state index in [0.29, 0.717) is 24.3 Å². The minimum atomic E-state index is -0.239. The summed E-state index contributed by atoms with van der Waals surface area (Å²) in [6, 6.07) is 11.9. The van der Waals surface area contributed by atoms with Crippen LogP contribution in [-0.4, -0.2) is 16.7 Å². The minimum Gasteiger partial charge on any atom is -0.504 e. The summed E-state index contributed by atoms with van der Waals surface area (Å²) in [6.07, 6.45) is 2.43. The zero-order valence-corrected chi connectivity index (χ0v) is 12.2. The molecule has 0 saturated carbocycles. The predicted octanol–water partition coefficient (Wildman–Crippen LogP) is 4.07. The van der Waals surface area contributed by atoms with Crippen molar-refractivity contribution < 1.29 is 14.2 Å². The number of pyridine rings is 1. The van der Waals surface area contributed by atoms with Crippen molar-refractivity contribution in [3.63, 3.8) is 0 Å². The molecule has 0 spiro atoms. The SMILES string of the molecule is CCOc1c(O)ccc2cc(Cc3ccc(F)cc3)cnc12. The van der Waals surface area contributed by atoms with E-state index >= 15 is 0 Å². The van der Waals surface area contributed by atoms with Crippen molar-refractivity contribution in [3.8, 4) is 11.5 Å². The average molecular weight is 297 g/mol. The second kappa shape index (κ2) is 6.02. The maximum atomic E-state index is 12.9. The van der Waals surface area contributed by atoms with Crippen molar-refractivity contribution in [3.05, 3.63) is 65.6 Å². The first-order chi connectivity index (χ1) is 10.7. The Bertz CT molecular complexity index is 800. The second-order valence-electron chi connectivity index (χ2n) is 5.07. The number of aromatic nitrogens is 1. The third-order valence-corrected chi connectivity index (χ3v) is 3.45. The van der Waals surface area contributed by atoms with E-state index in [4.69, 9.17) is 4.74 Å². The van der Waals surface area contributed by atoms with Crippen LogP contribution in [0.4, 0.5) is 4.39 Å². The van der Waals surface area contributed by atoms with Crippen LogP contribution < -0.4 is 4.74 Å². The molecule has 1 heterocycles. The Balaban J connectivity index is 1.96. The molecule has 0 aliphatic heterocycles. The number of ether oxygens (including phenoxy) is 1. The van der Waals surface area contributed by atoms with Gasteiger partial charge in [-0.2, -0.15) is 0 Å². The van der Waals surface area contributed by atoms with E-state index in [0.717, 1.165) is 16.5 Å². The van der Waals surface area contributed by atoms with E-state index in [1.165, 1.54) is 12.1 Å². The van der Waals surface area contributed by atoms with Gasteiger partial charge >= 0.3 is 0 Å². The van der Waals surface area contributed by atoms with E-state index in [2.05, 4.69) is 4.98 Å². The van der Waals surface area contributed by atoms with E-state index in [1.54, 1.807) is 24.4 Å². The third-order valence-electron chi connectivity index (χ3n) is 3.45. The lowest BCUT2D eigenvalue weighted by molar-refractivity contribution is 0.321. The van der Waals surface area contributed by atoms with E-state index in [1.807, 2.05) is 19.1 Å². The lowest BCUT2D eigenvalue weighted by Gasteiger charge is -2.10. The van der Waals surface area contributed by atoms with E-state index in [-0.39, 0.29) is 11.6 Å². The first-order valence-electron chi connectivity index (χ1n) is 7.15. The topological polar surface area (TPSA) is 42.4 Å². The zero-order chi connectivity index (χ0) is 15.5. The van der Waals surface area contributed by atoms with Crippen molar-refractivity contribution in [2.45, 2.75) is 13.3 Å². The summed E-state index contributed by atoms with van der Waals surface area (Å²) in [6.45, 7) is 2.33. The summed E-state index contributed by atoms with van der Waals surface area (Å²) in [7, 11) is 0. The lowest BCUT2D eigenvalue weighted by atomic mass is 10.0. The first kappa shape index (κ1) is 14.3. The molecule has 0 amide bonds. The largest absolute Gasteiger partial charge is 0.504 e. The van der Waals surface area contributed by atoms with Crippen LogP contribution >= 0.6 is 0 Å². The first-order valence-corrected chi connectivity index (χ1v) is 7.15. The summed E-state index contributed by atoms with van der Waals surface area (Å²) in [5.41, 5.74) is 2.68. The molecule has 0 radical (unpaired) electrons. The van der Waals surface area contributed by atoms with Gasteiger partial charge in [-0.3, -0.25) is 4.98 Å². The Kier molecular flexibility index (Phi) is 3.92. The van der Waals surface area contributed by atoms with Gasteiger partial charge in [0.15, 0.2) is 11.5 Å². The molecule has 0 fully saturated rings. The molecule has 112 valence electrons. The number of nitrogens with zero attached hydrogens (tertiary/aromatic N) is 1. The van der Waals surface area contributed by atoms with Gasteiger partial charge in [-0.05, 0) is 54.8 Å². The summed E-state index contributed by atoms with van der Waals surface area (Å²) in [4.78, 5) is 4.42. The molecule has 1 N–H and O–H groups in total. The molecule has 0 atom stereocenters. The standard InChI is InChI=1S/C18H16FNO2/c1-2-22-18-16(21)8-5-14-10-13(11-20-17(14)18)9-12-3-6-15(19)7-4-12/h3-8,10-11,21H,2,9H2,1H3. The van der Waals surface area contributed by atoms with Crippen molar-refractivity contribution in [1.29, 1.82) is 0 Å². The molecule has 0 aliphatic carbocycles. The molecule has 3 rings (SSSR count). The van der Waals surface area contributed by atoms with Crippen LogP contribution in [0.25, 0.3) is 10.9 Å². The number of benzene rings is 2. The third kappa shape index (κ3) is 2.86. The fraction of sp³-hybridized carbons (Fsp3) is 0.167. The molecule has 2 aromatic carbocycles. The molecule has 0 saturated heterocycles. The van der Waals surface area contributed by atoms with Gasteiger partial charge in [-0.15, -0.1) is 0 Å². The fourth-order valence-corrected chi connectivity index (χ4v) is 2.43. The van der Waals surface area contributed by atoms with Crippen LogP contribution in [-0.2, 0) is 6.42 Å². The van der Waals surface area contributed by atoms with Crippen molar-refractivity contribution in [2.75, 3.05) is 6.61 Å². The molecule has 1 aromatic heterocycles. The highest BCUT2D eigenvalue weighted by molar-refractivity contribution is 5.87. The molecule has 0 unspecified atom stereocenters. The summed E-state index contributed by atoms with van der Waals surface area (Å²) >= 11 is 0. The van der Waals surface area contributed by atoms with Crippen LogP contribution in [0, 0.1) is 5.82 Å². The number of hydrogen-bond donors (Lipinski definition) is 1. The summed E-state index contributed by atoms with van der Waals surface area (Å²) < 4.78 is 18.4. The normalized spacial score (nSPS) is 10.8. The van der Waals surface area contributed by atoms with E-state index in [9.17, 15) is 9.50 Å². The highest BCUT2D eigenvalue weighted by atomic mass is 19.1. The van der Waals surface area contributed by atoms with Gasteiger partial charge in [0.05, 0.1) is 6.61 Å². The molecule has 3 aromatic rings. The van der Waals surface area contributed by atoms with Gasteiger partial charge in [0, 0.05) is 11.6 Å². The number of phenolic OH excluding ortho intramolecular Hbond substituents is 1. The maximum absolute atomic E-state index is 12.9. The number of aromatic hydroxyl groups is 1. The average Bonchev–Trinajstić information content (AvgIpc) is 2.52. The maximum Gasteiger partial charge on any atom is 0.187 e. The molecule has 22 heavy (non-hydrogen) atoms.